The molecule has 7 heteroatoms. The van der Waals surface area contributed by atoms with Gasteiger partial charge >= 0.3 is 12.3 Å². The highest BCUT2D eigenvalue weighted by molar-refractivity contribution is 7.99. The minimum Gasteiger partial charge on any atom is -0.469 e. The lowest BCUT2D eigenvalue weighted by Crippen LogP contribution is -2.17. The predicted octanol–water partition coefficient (Wildman–Crippen LogP) is 2.07. The van der Waals surface area contributed by atoms with Gasteiger partial charge in [-0.1, -0.05) is 6.92 Å². The molecule has 0 fully saturated rings. The molecule has 90 valence electrons. The highest BCUT2D eigenvalue weighted by Gasteiger charge is 2.28. The van der Waals surface area contributed by atoms with E-state index in [1.165, 1.54) is 18.9 Å². The lowest BCUT2D eigenvalue weighted by atomic mass is 10.2. The molecule has 0 spiro atoms. The summed E-state index contributed by atoms with van der Waals surface area (Å²) in [7, 11) is 1.27. The second-order valence-electron chi connectivity index (χ2n) is 2.79. The van der Waals surface area contributed by atoms with Gasteiger partial charge in [0.25, 0.3) is 0 Å². The van der Waals surface area contributed by atoms with Crippen molar-refractivity contribution in [1.29, 1.82) is 0 Å². The van der Waals surface area contributed by atoms with E-state index in [1.54, 1.807) is 6.92 Å². The van der Waals surface area contributed by atoms with Crippen molar-refractivity contribution in [3.63, 3.8) is 0 Å². The van der Waals surface area contributed by atoms with Crippen LogP contribution in [0.4, 0.5) is 13.2 Å². The van der Waals surface area contributed by atoms with Gasteiger partial charge in [0, 0.05) is 11.5 Å². The zero-order valence-corrected chi connectivity index (χ0v) is 9.28. The molecule has 0 aliphatic carbocycles. The fourth-order valence-electron chi connectivity index (χ4n) is 0.746. The van der Waals surface area contributed by atoms with E-state index in [9.17, 15) is 18.0 Å². The third-order valence-corrected chi connectivity index (χ3v) is 2.66. The molecule has 0 saturated carbocycles. The molecule has 1 atom stereocenters. The van der Waals surface area contributed by atoms with E-state index in [1.807, 2.05) is 0 Å². The first-order valence-corrected chi connectivity index (χ1v) is 5.38. The number of thioether (sulfide) groups is 1. The minimum absolute atomic E-state index is 0.195. The summed E-state index contributed by atoms with van der Waals surface area (Å²) in [4.78, 5) is 10.9. The Kier molecular flexibility index (Phi) is 6.75. The van der Waals surface area contributed by atoms with Crippen molar-refractivity contribution in [2.45, 2.75) is 13.3 Å². The number of carbonyl (C=O) groups excluding carboxylic acids is 1. The molecule has 0 bridgehead atoms. The molecular weight excluding hydrogens is 233 g/mol. The second-order valence-corrected chi connectivity index (χ2v) is 3.94. The number of hydrogen-bond donors (Lipinski definition) is 0. The van der Waals surface area contributed by atoms with Gasteiger partial charge in [-0.3, -0.25) is 9.53 Å². The predicted molar refractivity (Wildman–Crippen MR) is 50.5 cm³/mol. The molecule has 15 heavy (non-hydrogen) atoms. The van der Waals surface area contributed by atoms with Gasteiger partial charge in [-0.2, -0.15) is 11.8 Å². The summed E-state index contributed by atoms with van der Waals surface area (Å²) in [6.45, 7) is 1.26. The van der Waals surface area contributed by atoms with Gasteiger partial charge in [-0.15, -0.1) is 13.2 Å². The highest BCUT2D eigenvalue weighted by atomic mass is 32.2. The molecule has 0 amide bonds. The molecule has 1 unspecified atom stereocenters. The minimum atomic E-state index is -4.57. The molecule has 0 N–H and O–H groups in total. The van der Waals surface area contributed by atoms with E-state index >= 15 is 0 Å². The molecule has 3 nitrogen and oxygen atoms in total. The van der Waals surface area contributed by atoms with Crippen LogP contribution in [-0.2, 0) is 14.3 Å². The maximum Gasteiger partial charge on any atom is 0.522 e. The summed E-state index contributed by atoms with van der Waals surface area (Å²) in [6, 6.07) is 0. The van der Waals surface area contributed by atoms with Gasteiger partial charge in [0.1, 0.15) is 0 Å². The Morgan fingerprint density at radius 3 is 2.53 bits per heavy atom. The summed E-state index contributed by atoms with van der Waals surface area (Å²) in [5.74, 6) is -0.0560. The van der Waals surface area contributed by atoms with E-state index in [4.69, 9.17) is 0 Å². The van der Waals surface area contributed by atoms with E-state index in [0.29, 0.717) is 5.75 Å². The van der Waals surface area contributed by atoms with Crippen LogP contribution in [0.1, 0.15) is 6.92 Å². The number of methoxy groups -OCH3 is 1. The topological polar surface area (TPSA) is 35.5 Å². The van der Waals surface area contributed by atoms with Crippen molar-refractivity contribution in [3.8, 4) is 0 Å². The summed E-state index contributed by atoms with van der Waals surface area (Å²) < 4.78 is 42.6. The third-order valence-electron chi connectivity index (χ3n) is 1.46. The van der Waals surface area contributed by atoms with Crippen LogP contribution in [-0.4, -0.2) is 37.6 Å². The Morgan fingerprint density at radius 1 is 1.47 bits per heavy atom. The average molecular weight is 246 g/mol. The summed E-state index contributed by atoms with van der Waals surface area (Å²) >= 11 is 1.22. The van der Waals surface area contributed by atoms with Crippen LogP contribution in [0.5, 0.6) is 0 Å². The quantitative estimate of drug-likeness (QED) is 0.531. The highest BCUT2D eigenvalue weighted by Crippen LogP contribution is 2.17. The third kappa shape index (κ3) is 8.56. The maximum atomic E-state index is 11.5. The van der Waals surface area contributed by atoms with E-state index < -0.39 is 13.0 Å². The van der Waals surface area contributed by atoms with Crippen molar-refractivity contribution >= 4 is 17.7 Å². The van der Waals surface area contributed by atoms with Crippen molar-refractivity contribution in [2.24, 2.45) is 5.92 Å². The number of carbonyl (C=O) groups is 1. The monoisotopic (exact) mass is 246 g/mol. The first-order valence-electron chi connectivity index (χ1n) is 4.23. The smallest absolute Gasteiger partial charge is 0.469 e. The Bertz CT molecular complexity index is 196. The molecule has 0 rings (SSSR count). The van der Waals surface area contributed by atoms with Crippen LogP contribution in [0.2, 0.25) is 0 Å². The molecule has 0 aliphatic heterocycles. The van der Waals surface area contributed by atoms with Gasteiger partial charge in [0.2, 0.25) is 0 Å². The van der Waals surface area contributed by atoms with Crippen molar-refractivity contribution in [2.75, 3.05) is 25.2 Å². The number of alkyl halides is 3. The SMILES string of the molecule is COC(=O)C(C)CSCCOC(F)(F)F. The zero-order valence-electron chi connectivity index (χ0n) is 8.47. The van der Waals surface area contributed by atoms with Crippen LogP contribution in [0.15, 0.2) is 0 Å². The number of ether oxygens (including phenoxy) is 2. The largest absolute Gasteiger partial charge is 0.522 e. The molecular formula is C8H13F3O3S. The summed E-state index contributed by atoms with van der Waals surface area (Å²) in [5.41, 5.74) is 0. The van der Waals surface area contributed by atoms with Crippen LogP contribution >= 0.6 is 11.8 Å². The Morgan fingerprint density at radius 2 is 2.07 bits per heavy atom. The van der Waals surface area contributed by atoms with Crippen molar-refractivity contribution in [3.05, 3.63) is 0 Å². The normalized spacial score (nSPS) is 13.7. The molecule has 0 aromatic rings. The number of rotatable bonds is 6. The van der Waals surface area contributed by atoms with Gasteiger partial charge in [0.05, 0.1) is 19.6 Å². The Balaban J connectivity index is 3.43. The molecule has 0 aromatic carbocycles. The van der Waals surface area contributed by atoms with Crippen LogP contribution in [0.3, 0.4) is 0 Å². The lowest BCUT2D eigenvalue weighted by molar-refractivity contribution is -0.322. The average Bonchev–Trinajstić information content (AvgIpc) is 2.14. The number of hydrogen-bond acceptors (Lipinski definition) is 4. The van der Waals surface area contributed by atoms with E-state index in [0.717, 1.165) is 0 Å². The molecule has 0 aromatic heterocycles. The molecule has 0 aliphatic rings. The van der Waals surface area contributed by atoms with Gasteiger partial charge in [0.15, 0.2) is 0 Å². The van der Waals surface area contributed by atoms with Crippen LogP contribution < -0.4 is 0 Å². The van der Waals surface area contributed by atoms with Gasteiger partial charge in [-0.25, -0.2) is 0 Å². The Hall–Kier alpha value is -0.430. The summed E-state index contributed by atoms with van der Waals surface area (Å²) in [5, 5.41) is 0. The van der Waals surface area contributed by atoms with E-state index in [-0.39, 0.29) is 17.6 Å². The van der Waals surface area contributed by atoms with Gasteiger partial charge in [-0.05, 0) is 0 Å². The molecule has 0 radical (unpaired) electrons. The zero-order chi connectivity index (χ0) is 11.9. The first kappa shape index (κ1) is 14.6. The van der Waals surface area contributed by atoms with Gasteiger partial charge < -0.3 is 4.74 Å². The summed E-state index contributed by atoms with van der Waals surface area (Å²) in [6.07, 6.45) is -4.57. The Labute approximate surface area is 90.3 Å². The number of esters is 1. The standard InChI is InChI=1S/C8H13F3O3S/c1-6(7(12)13-2)5-15-4-3-14-8(9,10)11/h6H,3-5H2,1-2H3. The molecule has 0 heterocycles. The van der Waals surface area contributed by atoms with E-state index in [2.05, 4.69) is 9.47 Å². The molecule has 0 saturated heterocycles. The fraction of sp³-hybridized carbons (Fsp3) is 0.875. The fourth-order valence-corrected chi connectivity index (χ4v) is 1.60. The van der Waals surface area contributed by atoms with Crippen LogP contribution in [0.25, 0.3) is 0 Å². The van der Waals surface area contributed by atoms with Crippen molar-refractivity contribution in [1.82, 2.24) is 0 Å². The second kappa shape index (κ2) is 6.95. The lowest BCUT2D eigenvalue weighted by Gasteiger charge is -2.09. The first-order chi connectivity index (χ1) is 6.87. The van der Waals surface area contributed by atoms with Crippen molar-refractivity contribution < 1.29 is 27.4 Å². The number of halogens is 3. The maximum absolute atomic E-state index is 11.5. The van der Waals surface area contributed by atoms with Crippen LogP contribution in [0, 0.1) is 5.92 Å².